The van der Waals surface area contributed by atoms with Gasteiger partial charge in [0.1, 0.15) is 5.60 Å². The zero-order valence-corrected chi connectivity index (χ0v) is 13.7. The van der Waals surface area contributed by atoms with Gasteiger partial charge in [0.15, 0.2) is 5.78 Å². The Morgan fingerprint density at radius 3 is 2.35 bits per heavy atom. The lowest BCUT2D eigenvalue weighted by Gasteiger charge is -2.38. The maximum Gasteiger partial charge on any atom is 0.414 e. The van der Waals surface area contributed by atoms with Gasteiger partial charge in [0.05, 0.1) is 5.70 Å². The number of likely N-dealkylation sites (tertiary alicyclic amines) is 1. The highest BCUT2D eigenvalue weighted by Gasteiger charge is 2.41. The van der Waals surface area contributed by atoms with Crippen molar-refractivity contribution in [2.75, 3.05) is 6.54 Å². The molecule has 114 valence electrons. The Balaban J connectivity index is 3.06. The first-order chi connectivity index (χ1) is 8.94. The molecule has 4 heteroatoms. The molecule has 0 unspecified atom stereocenters. The number of piperidine rings is 1. The first-order valence-corrected chi connectivity index (χ1v) is 7.21. The smallest absolute Gasteiger partial charge is 0.414 e. The Labute approximate surface area is 122 Å². The van der Waals surface area contributed by atoms with Crippen LogP contribution in [0.2, 0.25) is 0 Å². The Morgan fingerprint density at radius 1 is 1.35 bits per heavy atom. The molecule has 1 aliphatic heterocycles. The van der Waals surface area contributed by atoms with E-state index in [2.05, 4.69) is 0 Å². The topological polar surface area (TPSA) is 46.6 Å². The van der Waals surface area contributed by atoms with Crippen LogP contribution in [0.1, 0.15) is 54.9 Å². The van der Waals surface area contributed by atoms with Gasteiger partial charge in [0.2, 0.25) is 0 Å². The zero-order chi connectivity index (χ0) is 15.7. The van der Waals surface area contributed by atoms with Crippen molar-refractivity contribution in [1.82, 2.24) is 4.90 Å². The Bertz CT molecular complexity index is 427. The second-order valence-electron chi connectivity index (χ2n) is 7.39. The third-order valence-corrected chi connectivity index (χ3v) is 3.20. The quantitative estimate of drug-likeness (QED) is 0.687. The van der Waals surface area contributed by atoms with Gasteiger partial charge in [-0.05, 0) is 33.1 Å². The lowest BCUT2D eigenvalue weighted by Crippen LogP contribution is -2.47. The second kappa shape index (κ2) is 5.58. The van der Waals surface area contributed by atoms with Gasteiger partial charge in [-0.3, -0.25) is 9.69 Å². The summed E-state index contributed by atoms with van der Waals surface area (Å²) in [5, 5.41) is 0. The monoisotopic (exact) mass is 281 g/mol. The summed E-state index contributed by atoms with van der Waals surface area (Å²) in [6, 6.07) is 0. The fraction of sp³-hybridized carbons (Fsp3) is 0.750. The van der Waals surface area contributed by atoms with Gasteiger partial charge in [-0.25, -0.2) is 4.79 Å². The predicted molar refractivity (Wildman–Crippen MR) is 79.3 cm³/mol. The summed E-state index contributed by atoms with van der Waals surface area (Å²) in [6.07, 6.45) is 2.07. The summed E-state index contributed by atoms with van der Waals surface area (Å²) in [5.74, 6) is 0.219. The van der Waals surface area contributed by atoms with Crippen molar-refractivity contribution in [3.8, 4) is 0 Å². The highest BCUT2D eigenvalue weighted by atomic mass is 16.6. The molecule has 0 spiro atoms. The minimum Gasteiger partial charge on any atom is -0.443 e. The van der Waals surface area contributed by atoms with Gasteiger partial charge in [0.25, 0.3) is 0 Å². The number of ketones is 1. The second-order valence-corrected chi connectivity index (χ2v) is 7.39. The normalized spacial score (nSPS) is 21.5. The molecule has 0 aliphatic carbocycles. The molecule has 1 rings (SSSR count). The third-order valence-electron chi connectivity index (χ3n) is 3.20. The van der Waals surface area contributed by atoms with Crippen LogP contribution in [0.15, 0.2) is 11.8 Å². The van der Waals surface area contributed by atoms with Crippen LogP contribution < -0.4 is 0 Å². The van der Waals surface area contributed by atoms with Gasteiger partial charge in [-0.2, -0.15) is 0 Å². The number of Topliss-reactive ketones (excluding diaryl/α,β-unsaturated/α-hetero) is 1. The minimum absolute atomic E-state index is 0.0170. The molecule has 0 saturated carbocycles. The first-order valence-electron chi connectivity index (χ1n) is 7.21. The molecule has 1 heterocycles. The largest absolute Gasteiger partial charge is 0.443 e. The van der Waals surface area contributed by atoms with E-state index in [1.54, 1.807) is 0 Å². The van der Waals surface area contributed by atoms with E-state index in [1.807, 2.05) is 54.5 Å². The fourth-order valence-corrected chi connectivity index (χ4v) is 2.08. The highest BCUT2D eigenvalue weighted by Crippen LogP contribution is 2.34. The van der Waals surface area contributed by atoms with Crippen LogP contribution in [0.4, 0.5) is 4.79 Å². The number of rotatable bonds is 1. The number of hydrogen-bond acceptors (Lipinski definition) is 3. The fourth-order valence-electron chi connectivity index (χ4n) is 2.08. The molecule has 1 fully saturated rings. The Hall–Kier alpha value is -1.32. The van der Waals surface area contributed by atoms with Crippen molar-refractivity contribution in [3.05, 3.63) is 11.8 Å². The van der Waals surface area contributed by atoms with E-state index >= 15 is 0 Å². The number of carbonyl (C=O) groups excluding carboxylic acids is 2. The van der Waals surface area contributed by atoms with Crippen molar-refractivity contribution < 1.29 is 14.3 Å². The van der Waals surface area contributed by atoms with Crippen LogP contribution in [0.3, 0.4) is 0 Å². The van der Waals surface area contributed by atoms with Gasteiger partial charge in [0, 0.05) is 12.0 Å². The van der Waals surface area contributed by atoms with Crippen molar-refractivity contribution >= 4 is 11.9 Å². The lowest BCUT2D eigenvalue weighted by molar-refractivity contribution is -0.127. The van der Waals surface area contributed by atoms with Crippen molar-refractivity contribution in [1.29, 1.82) is 0 Å². The minimum atomic E-state index is -0.559. The molecule has 0 atom stereocenters. The van der Waals surface area contributed by atoms with Gasteiger partial charge in [-0.15, -0.1) is 0 Å². The summed E-state index contributed by atoms with van der Waals surface area (Å²) >= 11 is 0. The molecule has 0 aromatic heterocycles. The first kappa shape index (κ1) is 16.7. The molecule has 0 N–H and O–H groups in total. The van der Waals surface area contributed by atoms with E-state index in [0.29, 0.717) is 18.7 Å². The number of amides is 1. The lowest BCUT2D eigenvalue weighted by atomic mass is 9.79. The van der Waals surface area contributed by atoms with E-state index in [1.165, 1.54) is 4.90 Å². The SMILES string of the molecule is CC(C)/C=C1\C(=O)C(C)(C)CCN1C(=O)OC(C)(C)C. The predicted octanol–water partition coefficient (Wildman–Crippen LogP) is 3.76. The van der Waals surface area contributed by atoms with Crippen LogP contribution in [0, 0.1) is 11.3 Å². The van der Waals surface area contributed by atoms with Gasteiger partial charge in [-0.1, -0.05) is 33.8 Å². The van der Waals surface area contributed by atoms with E-state index < -0.39 is 17.1 Å². The number of hydrogen-bond donors (Lipinski definition) is 0. The molecule has 0 bridgehead atoms. The van der Waals surface area contributed by atoms with E-state index in [0.717, 1.165) is 0 Å². The summed E-state index contributed by atoms with van der Waals surface area (Å²) in [4.78, 5) is 26.3. The van der Waals surface area contributed by atoms with Gasteiger partial charge >= 0.3 is 6.09 Å². The molecule has 0 aromatic rings. The summed E-state index contributed by atoms with van der Waals surface area (Å²) in [6.45, 7) is 13.8. The standard InChI is InChI=1S/C16H27NO3/c1-11(2)10-12-13(18)16(6,7)8-9-17(12)14(19)20-15(3,4)5/h10-11H,8-9H2,1-7H3/b12-10+. The highest BCUT2D eigenvalue weighted by molar-refractivity contribution is 6.02. The molecule has 1 amide bonds. The number of carbonyl (C=O) groups is 2. The van der Waals surface area contributed by atoms with E-state index in [4.69, 9.17) is 4.74 Å². The molecule has 20 heavy (non-hydrogen) atoms. The Kier molecular flexibility index (Phi) is 4.67. The summed E-state index contributed by atoms with van der Waals surface area (Å²) in [5.41, 5.74) is -0.500. The van der Waals surface area contributed by atoms with Crippen molar-refractivity contribution in [3.63, 3.8) is 0 Å². The average molecular weight is 281 g/mol. The number of nitrogens with zero attached hydrogens (tertiary/aromatic N) is 1. The number of ether oxygens (including phenoxy) is 1. The van der Waals surface area contributed by atoms with E-state index in [9.17, 15) is 9.59 Å². The molecular formula is C16H27NO3. The average Bonchev–Trinajstić information content (AvgIpc) is 2.21. The van der Waals surface area contributed by atoms with Crippen LogP contribution in [-0.2, 0) is 9.53 Å². The molecule has 1 aliphatic rings. The molecule has 0 aromatic carbocycles. The zero-order valence-electron chi connectivity index (χ0n) is 13.7. The molecule has 1 saturated heterocycles. The third kappa shape index (κ3) is 4.09. The van der Waals surface area contributed by atoms with Crippen LogP contribution in [0.5, 0.6) is 0 Å². The van der Waals surface area contributed by atoms with E-state index in [-0.39, 0.29) is 11.7 Å². The molecule has 0 radical (unpaired) electrons. The Morgan fingerprint density at radius 2 is 1.90 bits per heavy atom. The summed E-state index contributed by atoms with van der Waals surface area (Å²) < 4.78 is 5.40. The van der Waals surface area contributed by atoms with Crippen LogP contribution >= 0.6 is 0 Å². The summed E-state index contributed by atoms with van der Waals surface area (Å²) in [7, 11) is 0. The maximum atomic E-state index is 12.5. The molecular weight excluding hydrogens is 254 g/mol. The van der Waals surface area contributed by atoms with Crippen LogP contribution in [0.25, 0.3) is 0 Å². The van der Waals surface area contributed by atoms with Gasteiger partial charge < -0.3 is 4.74 Å². The van der Waals surface area contributed by atoms with Crippen molar-refractivity contribution in [2.45, 2.75) is 60.5 Å². The van der Waals surface area contributed by atoms with Crippen molar-refractivity contribution in [2.24, 2.45) is 11.3 Å². The number of allylic oxidation sites excluding steroid dienone is 2. The maximum absolute atomic E-state index is 12.5. The van der Waals surface area contributed by atoms with Crippen LogP contribution in [-0.4, -0.2) is 28.9 Å². The molecule has 4 nitrogen and oxygen atoms in total.